The van der Waals surface area contributed by atoms with Gasteiger partial charge in [0, 0.05) is 29.3 Å². The second-order valence-electron chi connectivity index (χ2n) is 9.16. The number of carbonyl (C=O) groups is 2. The first-order chi connectivity index (χ1) is 15.3. The lowest BCUT2D eigenvalue weighted by molar-refractivity contribution is -0.117. The molecule has 164 valence electrons. The summed E-state index contributed by atoms with van der Waals surface area (Å²) in [5.74, 6) is 2.16. The number of aromatic nitrogens is 2. The quantitative estimate of drug-likeness (QED) is 0.462. The molecular weight excluding hydrogens is 398 g/mol. The molecule has 0 fully saturated rings. The molecule has 0 spiro atoms. The molecule has 1 aliphatic heterocycles. The van der Waals surface area contributed by atoms with Crippen molar-refractivity contribution < 1.29 is 9.59 Å². The largest absolute Gasteiger partial charge is 0.294 e. The standard InChI is InChI=1S/C27H29N3O2/c1-17(2)13-24(31)20-11-9-19(10-12-20)16-30-25(32)14-21-15-28-26(29-27(21)30)23-8-6-5-7-22(23)18(3)4/h5-12,15,17-18H,13-14,16H2,1-4H3. The van der Waals surface area contributed by atoms with E-state index in [9.17, 15) is 9.59 Å². The highest BCUT2D eigenvalue weighted by Gasteiger charge is 2.30. The van der Waals surface area contributed by atoms with Crippen molar-refractivity contribution in [2.24, 2.45) is 5.92 Å². The number of ketones is 1. The van der Waals surface area contributed by atoms with Gasteiger partial charge in [-0.2, -0.15) is 0 Å². The van der Waals surface area contributed by atoms with Crippen molar-refractivity contribution in [3.05, 3.63) is 77.0 Å². The fourth-order valence-electron chi connectivity index (χ4n) is 4.10. The van der Waals surface area contributed by atoms with Gasteiger partial charge in [-0.3, -0.25) is 14.5 Å². The van der Waals surface area contributed by atoms with E-state index in [0.717, 1.165) is 16.7 Å². The summed E-state index contributed by atoms with van der Waals surface area (Å²) in [5.41, 5.74) is 4.72. The molecule has 32 heavy (non-hydrogen) atoms. The number of hydrogen-bond donors (Lipinski definition) is 0. The summed E-state index contributed by atoms with van der Waals surface area (Å²) < 4.78 is 0. The first-order valence-corrected chi connectivity index (χ1v) is 11.2. The molecular formula is C27H29N3O2. The zero-order chi connectivity index (χ0) is 22.8. The van der Waals surface area contributed by atoms with E-state index < -0.39 is 0 Å². The monoisotopic (exact) mass is 427 g/mol. The highest BCUT2D eigenvalue weighted by molar-refractivity contribution is 6.00. The van der Waals surface area contributed by atoms with Gasteiger partial charge in [-0.05, 0) is 23.0 Å². The number of fused-ring (bicyclic) bond motifs is 1. The molecule has 0 radical (unpaired) electrons. The first kappa shape index (κ1) is 21.9. The molecule has 0 unspecified atom stereocenters. The van der Waals surface area contributed by atoms with Crippen LogP contribution in [0, 0.1) is 5.92 Å². The highest BCUT2D eigenvalue weighted by Crippen LogP contribution is 2.32. The Labute approximate surface area is 189 Å². The topological polar surface area (TPSA) is 63.2 Å². The third-order valence-corrected chi connectivity index (χ3v) is 5.77. The maximum atomic E-state index is 12.8. The normalized spacial score (nSPS) is 13.2. The van der Waals surface area contributed by atoms with Gasteiger partial charge in [-0.15, -0.1) is 0 Å². The molecule has 1 aliphatic rings. The Balaban J connectivity index is 1.60. The lowest BCUT2D eigenvalue weighted by atomic mass is 9.97. The maximum absolute atomic E-state index is 12.8. The molecule has 2 heterocycles. The average molecular weight is 428 g/mol. The van der Waals surface area contributed by atoms with Gasteiger partial charge in [-0.1, -0.05) is 76.2 Å². The predicted octanol–water partition coefficient (Wildman–Crippen LogP) is 5.59. The van der Waals surface area contributed by atoms with Crippen LogP contribution in [0.3, 0.4) is 0 Å². The molecule has 0 N–H and O–H groups in total. The van der Waals surface area contributed by atoms with Gasteiger partial charge in [-0.25, -0.2) is 9.97 Å². The van der Waals surface area contributed by atoms with Crippen LogP contribution in [0.25, 0.3) is 11.4 Å². The fourth-order valence-corrected chi connectivity index (χ4v) is 4.10. The van der Waals surface area contributed by atoms with Gasteiger partial charge in [0.15, 0.2) is 11.6 Å². The molecule has 5 nitrogen and oxygen atoms in total. The van der Waals surface area contributed by atoms with Gasteiger partial charge in [0.25, 0.3) is 0 Å². The van der Waals surface area contributed by atoms with E-state index in [4.69, 9.17) is 4.98 Å². The van der Waals surface area contributed by atoms with E-state index >= 15 is 0 Å². The van der Waals surface area contributed by atoms with Crippen molar-refractivity contribution in [3.8, 4) is 11.4 Å². The Bertz CT molecular complexity index is 1150. The van der Waals surface area contributed by atoms with Crippen molar-refractivity contribution >= 4 is 17.5 Å². The van der Waals surface area contributed by atoms with Gasteiger partial charge in [0.2, 0.25) is 5.91 Å². The average Bonchev–Trinajstić information content (AvgIpc) is 3.08. The second kappa shape index (κ2) is 9.03. The highest BCUT2D eigenvalue weighted by atomic mass is 16.2. The number of nitrogens with zero attached hydrogens (tertiary/aromatic N) is 3. The van der Waals surface area contributed by atoms with Gasteiger partial charge in [0.1, 0.15) is 5.82 Å². The molecule has 1 amide bonds. The Hall–Kier alpha value is -3.34. The molecule has 2 aromatic carbocycles. The summed E-state index contributed by atoms with van der Waals surface area (Å²) in [7, 11) is 0. The predicted molar refractivity (Wildman–Crippen MR) is 127 cm³/mol. The summed E-state index contributed by atoms with van der Waals surface area (Å²) in [5, 5.41) is 0. The van der Waals surface area contributed by atoms with Gasteiger partial charge < -0.3 is 0 Å². The molecule has 0 saturated heterocycles. The summed E-state index contributed by atoms with van der Waals surface area (Å²) in [4.78, 5) is 36.2. The Morgan fingerprint density at radius 1 is 1.03 bits per heavy atom. The van der Waals surface area contributed by atoms with Crippen LogP contribution in [0.4, 0.5) is 5.82 Å². The van der Waals surface area contributed by atoms with E-state index in [1.807, 2.05) is 56.3 Å². The minimum atomic E-state index is 0.0172. The van der Waals surface area contributed by atoms with Crippen LogP contribution in [0.2, 0.25) is 0 Å². The molecule has 5 heteroatoms. The summed E-state index contributed by atoms with van der Waals surface area (Å²) in [6, 6.07) is 15.7. The number of amides is 1. The Morgan fingerprint density at radius 3 is 2.44 bits per heavy atom. The van der Waals surface area contributed by atoms with E-state index in [1.165, 1.54) is 5.56 Å². The molecule has 0 atom stereocenters. The Morgan fingerprint density at radius 2 is 1.75 bits per heavy atom. The lowest BCUT2D eigenvalue weighted by Gasteiger charge is -2.18. The van der Waals surface area contributed by atoms with Crippen LogP contribution >= 0.6 is 0 Å². The molecule has 1 aromatic heterocycles. The van der Waals surface area contributed by atoms with Crippen LogP contribution in [0.5, 0.6) is 0 Å². The number of hydrogen-bond acceptors (Lipinski definition) is 4. The number of anilines is 1. The van der Waals surface area contributed by atoms with Crippen molar-refractivity contribution in [1.29, 1.82) is 0 Å². The van der Waals surface area contributed by atoms with Crippen LogP contribution < -0.4 is 4.90 Å². The zero-order valence-electron chi connectivity index (χ0n) is 19.1. The van der Waals surface area contributed by atoms with E-state index in [-0.39, 0.29) is 11.7 Å². The number of rotatable bonds is 7. The summed E-state index contributed by atoms with van der Waals surface area (Å²) in [6.45, 7) is 8.80. The fraction of sp³-hybridized carbons (Fsp3) is 0.333. The summed E-state index contributed by atoms with van der Waals surface area (Å²) in [6.07, 6.45) is 2.63. The smallest absolute Gasteiger partial charge is 0.233 e. The molecule has 0 bridgehead atoms. The van der Waals surface area contributed by atoms with Crippen LogP contribution in [0.15, 0.2) is 54.7 Å². The van der Waals surface area contributed by atoms with E-state index in [0.29, 0.717) is 48.4 Å². The van der Waals surface area contributed by atoms with Crippen LogP contribution in [-0.2, 0) is 17.8 Å². The van der Waals surface area contributed by atoms with Crippen molar-refractivity contribution in [2.75, 3.05) is 4.90 Å². The van der Waals surface area contributed by atoms with Gasteiger partial charge >= 0.3 is 0 Å². The molecule has 4 rings (SSSR count). The van der Waals surface area contributed by atoms with Crippen molar-refractivity contribution in [1.82, 2.24) is 9.97 Å². The molecule has 0 aliphatic carbocycles. The molecule has 3 aromatic rings. The van der Waals surface area contributed by atoms with E-state index in [1.54, 1.807) is 11.1 Å². The van der Waals surface area contributed by atoms with Crippen molar-refractivity contribution in [2.45, 2.75) is 53.0 Å². The minimum absolute atomic E-state index is 0.0172. The summed E-state index contributed by atoms with van der Waals surface area (Å²) >= 11 is 0. The third kappa shape index (κ3) is 4.47. The van der Waals surface area contributed by atoms with Crippen molar-refractivity contribution in [3.63, 3.8) is 0 Å². The van der Waals surface area contributed by atoms with E-state index in [2.05, 4.69) is 24.9 Å². The van der Waals surface area contributed by atoms with Crippen LogP contribution in [-0.4, -0.2) is 21.7 Å². The minimum Gasteiger partial charge on any atom is -0.294 e. The third-order valence-electron chi connectivity index (χ3n) is 5.77. The zero-order valence-corrected chi connectivity index (χ0v) is 19.1. The first-order valence-electron chi connectivity index (χ1n) is 11.2. The number of benzene rings is 2. The second-order valence-corrected chi connectivity index (χ2v) is 9.16. The molecule has 0 saturated carbocycles. The van der Waals surface area contributed by atoms with Gasteiger partial charge in [0.05, 0.1) is 13.0 Å². The number of Topliss-reactive ketones (excluding diaryl/α,β-unsaturated/α-hetero) is 1. The SMILES string of the molecule is CC(C)CC(=O)c1ccc(CN2C(=O)Cc3cnc(-c4ccccc4C(C)C)nc32)cc1. The number of carbonyl (C=O) groups excluding carboxylic acids is 2. The Kier molecular flexibility index (Phi) is 6.17. The van der Waals surface area contributed by atoms with Crippen LogP contribution in [0.1, 0.15) is 67.1 Å². The maximum Gasteiger partial charge on any atom is 0.233 e. The lowest BCUT2D eigenvalue weighted by Crippen LogP contribution is -2.26.